The first-order chi connectivity index (χ1) is 16.1. The summed E-state index contributed by atoms with van der Waals surface area (Å²) in [5.41, 5.74) is 2.36. The van der Waals surface area contributed by atoms with E-state index in [1.807, 2.05) is 41.3 Å². The van der Waals surface area contributed by atoms with Gasteiger partial charge in [-0.2, -0.15) is 0 Å². The number of hydrogen-bond donors (Lipinski definition) is 1. The highest BCUT2D eigenvalue weighted by atomic mass is 32.2. The first-order valence-corrected chi connectivity index (χ1v) is 11.7. The van der Waals surface area contributed by atoms with E-state index < -0.39 is 0 Å². The highest BCUT2D eigenvalue weighted by Crippen LogP contribution is 2.25. The average Bonchev–Trinajstić information content (AvgIpc) is 2.85. The maximum Gasteiger partial charge on any atom is 0.255 e. The summed E-state index contributed by atoms with van der Waals surface area (Å²) in [6.07, 6.45) is 3.59. The van der Waals surface area contributed by atoms with Gasteiger partial charge in [-0.05, 0) is 54.1 Å². The molecule has 3 aromatic rings. The van der Waals surface area contributed by atoms with Crippen molar-refractivity contribution in [3.8, 4) is 0 Å². The van der Waals surface area contributed by atoms with E-state index in [1.165, 1.54) is 41.6 Å². The second-order valence-electron chi connectivity index (χ2n) is 7.76. The molecule has 0 radical (unpaired) electrons. The van der Waals surface area contributed by atoms with Crippen molar-refractivity contribution in [2.75, 3.05) is 37.2 Å². The third kappa shape index (κ3) is 6.40. The van der Waals surface area contributed by atoms with Crippen LogP contribution in [0.4, 0.5) is 10.1 Å². The molecule has 1 aliphatic heterocycles. The number of thioether (sulfide) groups is 1. The Morgan fingerprint density at radius 2 is 1.64 bits per heavy atom. The quantitative estimate of drug-likeness (QED) is 0.537. The number of carbonyl (C=O) groups excluding carboxylic acids is 2. The van der Waals surface area contributed by atoms with Gasteiger partial charge in [0.05, 0.1) is 11.3 Å². The number of rotatable bonds is 7. The predicted molar refractivity (Wildman–Crippen MR) is 128 cm³/mol. The molecule has 1 N–H and O–H groups in total. The van der Waals surface area contributed by atoms with E-state index in [0.29, 0.717) is 24.3 Å². The maximum atomic E-state index is 13.2. The van der Waals surface area contributed by atoms with Gasteiger partial charge in [-0.25, -0.2) is 4.39 Å². The van der Waals surface area contributed by atoms with Crippen LogP contribution in [0, 0.1) is 5.82 Å². The number of anilines is 1. The lowest BCUT2D eigenvalue weighted by atomic mass is 10.1. The van der Waals surface area contributed by atoms with Crippen molar-refractivity contribution in [2.24, 2.45) is 0 Å². The highest BCUT2D eigenvalue weighted by molar-refractivity contribution is 8.00. The molecule has 1 saturated heterocycles. The standard InChI is InChI=1S/C25H25FN4O2S/c26-20-5-7-21(8-6-20)28-24(31)18-33-23-4-2-1-3-22(23)25(32)30-15-13-29(14-16-30)17-19-9-11-27-12-10-19/h1-12H,13-18H2,(H,28,31). The molecule has 170 valence electrons. The lowest BCUT2D eigenvalue weighted by Crippen LogP contribution is -2.48. The molecule has 1 aliphatic rings. The molecule has 2 aromatic carbocycles. The molecule has 0 bridgehead atoms. The Balaban J connectivity index is 1.31. The number of carbonyl (C=O) groups is 2. The number of hydrogen-bond acceptors (Lipinski definition) is 5. The normalized spacial score (nSPS) is 14.2. The van der Waals surface area contributed by atoms with Crippen LogP contribution in [0.15, 0.2) is 78.0 Å². The van der Waals surface area contributed by atoms with E-state index in [4.69, 9.17) is 0 Å². The van der Waals surface area contributed by atoms with Gasteiger partial charge in [0.1, 0.15) is 5.82 Å². The van der Waals surface area contributed by atoms with Crippen molar-refractivity contribution in [3.05, 3.63) is 90.0 Å². The largest absolute Gasteiger partial charge is 0.336 e. The molecule has 0 saturated carbocycles. The van der Waals surface area contributed by atoms with E-state index in [2.05, 4.69) is 15.2 Å². The van der Waals surface area contributed by atoms with Crippen LogP contribution in [0.25, 0.3) is 0 Å². The molecule has 0 spiro atoms. The van der Waals surface area contributed by atoms with E-state index in [1.54, 1.807) is 12.4 Å². The number of nitrogens with one attached hydrogen (secondary N) is 1. The van der Waals surface area contributed by atoms with Gasteiger partial charge in [0, 0.05) is 55.7 Å². The summed E-state index contributed by atoms with van der Waals surface area (Å²) in [4.78, 5) is 34.5. The van der Waals surface area contributed by atoms with Gasteiger partial charge in [-0.15, -0.1) is 11.8 Å². The number of piperazine rings is 1. The minimum absolute atomic E-state index is 0.0133. The third-order valence-electron chi connectivity index (χ3n) is 5.42. The van der Waals surface area contributed by atoms with Gasteiger partial charge >= 0.3 is 0 Å². The Morgan fingerprint density at radius 3 is 2.36 bits per heavy atom. The van der Waals surface area contributed by atoms with Crippen molar-refractivity contribution in [2.45, 2.75) is 11.4 Å². The molecular weight excluding hydrogens is 439 g/mol. The van der Waals surface area contributed by atoms with Crippen molar-refractivity contribution in [1.29, 1.82) is 0 Å². The SMILES string of the molecule is O=C(CSc1ccccc1C(=O)N1CCN(Cc2ccncc2)CC1)Nc1ccc(F)cc1. The lowest BCUT2D eigenvalue weighted by Gasteiger charge is -2.35. The molecule has 0 atom stereocenters. The summed E-state index contributed by atoms with van der Waals surface area (Å²) in [6.45, 7) is 3.79. The molecule has 2 amide bonds. The fraction of sp³-hybridized carbons (Fsp3) is 0.240. The molecule has 8 heteroatoms. The monoisotopic (exact) mass is 464 g/mol. The zero-order valence-corrected chi connectivity index (χ0v) is 18.9. The Bertz CT molecular complexity index is 1090. The summed E-state index contributed by atoms with van der Waals surface area (Å²) >= 11 is 1.32. The summed E-state index contributed by atoms with van der Waals surface area (Å²) in [5, 5.41) is 2.75. The molecule has 6 nitrogen and oxygen atoms in total. The minimum Gasteiger partial charge on any atom is -0.336 e. The van der Waals surface area contributed by atoms with Gasteiger partial charge in [0.2, 0.25) is 5.91 Å². The van der Waals surface area contributed by atoms with E-state index in [0.717, 1.165) is 24.5 Å². The van der Waals surface area contributed by atoms with Crippen LogP contribution in [0.3, 0.4) is 0 Å². The van der Waals surface area contributed by atoms with Crippen LogP contribution in [-0.4, -0.2) is 58.5 Å². The van der Waals surface area contributed by atoms with Crippen molar-refractivity contribution < 1.29 is 14.0 Å². The molecule has 4 rings (SSSR count). The molecular formula is C25H25FN4O2S. The summed E-state index contributed by atoms with van der Waals surface area (Å²) in [7, 11) is 0. The van der Waals surface area contributed by atoms with Crippen LogP contribution in [0.5, 0.6) is 0 Å². The van der Waals surface area contributed by atoms with Crippen LogP contribution in [0.1, 0.15) is 15.9 Å². The Morgan fingerprint density at radius 1 is 0.939 bits per heavy atom. The summed E-state index contributed by atoms with van der Waals surface area (Å²) in [6, 6.07) is 17.0. The Hall–Kier alpha value is -3.23. The second kappa shape index (κ2) is 11.1. The number of aromatic nitrogens is 1. The summed E-state index contributed by atoms with van der Waals surface area (Å²) < 4.78 is 13.0. The predicted octanol–water partition coefficient (Wildman–Crippen LogP) is 3.91. The first kappa shape index (κ1) is 22.9. The number of amides is 2. The fourth-order valence-corrected chi connectivity index (χ4v) is 4.51. The van der Waals surface area contributed by atoms with Gasteiger partial charge in [0.15, 0.2) is 0 Å². The maximum absolute atomic E-state index is 13.2. The minimum atomic E-state index is -0.354. The van der Waals surface area contributed by atoms with Crippen molar-refractivity contribution in [1.82, 2.24) is 14.8 Å². The Kier molecular flexibility index (Phi) is 7.70. The molecule has 1 aromatic heterocycles. The number of benzene rings is 2. The second-order valence-corrected chi connectivity index (χ2v) is 8.78. The van der Waals surface area contributed by atoms with Gasteiger partial charge < -0.3 is 10.2 Å². The Labute approximate surface area is 196 Å². The van der Waals surface area contributed by atoms with Crippen molar-refractivity contribution >= 4 is 29.3 Å². The van der Waals surface area contributed by atoms with E-state index in [9.17, 15) is 14.0 Å². The molecule has 0 unspecified atom stereocenters. The first-order valence-electron chi connectivity index (χ1n) is 10.8. The highest BCUT2D eigenvalue weighted by Gasteiger charge is 2.24. The fourth-order valence-electron chi connectivity index (χ4n) is 3.67. The molecule has 2 heterocycles. The third-order valence-corrected chi connectivity index (χ3v) is 6.49. The van der Waals surface area contributed by atoms with Crippen LogP contribution < -0.4 is 5.32 Å². The number of halogens is 1. The van der Waals surface area contributed by atoms with Gasteiger partial charge in [-0.1, -0.05) is 12.1 Å². The van der Waals surface area contributed by atoms with Crippen LogP contribution in [0.2, 0.25) is 0 Å². The number of nitrogens with zero attached hydrogens (tertiary/aromatic N) is 3. The van der Waals surface area contributed by atoms with E-state index >= 15 is 0 Å². The van der Waals surface area contributed by atoms with Gasteiger partial charge in [0.25, 0.3) is 5.91 Å². The molecule has 33 heavy (non-hydrogen) atoms. The van der Waals surface area contributed by atoms with Crippen LogP contribution >= 0.6 is 11.8 Å². The lowest BCUT2D eigenvalue weighted by molar-refractivity contribution is -0.113. The summed E-state index contributed by atoms with van der Waals surface area (Å²) in [5.74, 6) is -0.423. The van der Waals surface area contributed by atoms with Crippen molar-refractivity contribution in [3.63, 3.8) is 0 Å². The average molecular weight is 465 g/mol. The van der Waals surface area contributed by atoms with Gasteiger partial charge in [-0.3, -0.25) is 19.5 Å². The molecule has 1 fully saturated rings. The topological polar surface area (TPSA) is 65.5 Å². The number of pyridine rings is 1. The zero-order chi connectivity index (χ0) is 23.0. The molecule has 0 aliphatic carbocycles. The van der Waals surface area contributed by atoms with Crippen LogP contribution in [-0.2, 0) is 11.3 Å². The zero-order valence-electron chi connectivity index (χ0n) is 18.1. The smallest absolute Gasteiger partial charge is 0.255 e. The van der Waals surface area contributed by atoms with E-state index in [-0.39, 0.29) is 23.4 Å².